The molecule has 116 valence electrons. The van der Waals surface area contributed by atoms with Crippen molar-refractivity contribution in [2.75, 3.05) is 38.2 Å². The van der Waals surface area contributed by atoms with Gasteiger partial charge in [0.15, 0.2) is 0 Å². The van der Waals surface area contributed by atoms with Crippen molar-refractivity contribution < 1.29 is 9.53 Å². The summed E-state index contributed by atoms with van der Waals surface area (Å²) < 4.78 is 5.40. The Balaban J connectivity index is 1.95. The van der Waals surface area contributed by atoms with Gasteiger partial charge in [0.2, 0.25) is 5.91 Å². The Morgan fingerprint density at radius 3 is 2.57 bits per heavy atom. The van der Waals surface area contributed by atoms with Gasteiger partial charge < -0.3 is 20.3 Å². The molecular weight excluding hydrogens is 266 g/mol. The number of piperazine rings is 1. The van der Waals surface area contributed by atoms with Crippen LogP contribution < -0.4 is 15.4 Å². The molecule has 0 saturated carbocycles. The van der Waals surface area contributed by atoms with E-state index in [-0.39, 0.29) is 11.9 Å². The molecule has 1 saturated heterocycles. The van der Waals surface area contributed by atoms with E-state index < -0.39 is 0 Å². The second-order valence-corrected chi connectivity index (χ2v) is 5.38. The Hall–Kier alpha value is -1.75. The third-order valence-electron chi connectivity index (χ3n) is 3.93. The van der Waals surface area contributed by atoms with Crippen LogP contribution in [0, 0.1) is 0 Å². The summed E-state index contributed by atoms with van der Waals surface area (Å²) in [7, 11) is 1.68. The minimum absolute atomic E-state index is 0.0801. The minimum atomic E-state index is -0.354. The maximum Gasteiger partial charge on any atom is 0.239 e. The van der Waals surface area contributed by atoms with Gasteiger partial charge in [0.05, 0.1) is 18.8 Å². The average Bonchev–Trinajstić information content (AvgIpc) is 2.54. The first kappa shape index (κ1) is 15.6. The van der Waals surface area contributed by atoms with Crippen molar-refractivity contribution >= 4 is 11.6 Å². The van der Waals surface area contributed by atoms with Crippen molar-refractivity contribution in [3.05, 3.63) is 24.3 Å². The predicted octanol–water partition coefficient (Wildman–Crippen LogP) is 1.47. The predicted molar refractivity (Wildman–Crippen MR) is 84.7 cm³/mol. The van der Waals surface area contributed by atoms with Crippen molar-refractivity contribution in [2.24, 2.45) is 5.73 Å². The molecule has 1 heterocycles. The molecule has 0 aliphatic carbocycles. The molecule has 0 radical (unpaired) electrons. The summed E-state index contributed by atoms with van der Waals surface area (Å²) in [5, 5.41) is 0. The van der Waals surface area contributed by atoms with Gasteiger partial charge in [-0.1, -0.05) is 25.5 Å². The maximum absolute atomic E-state index is 12.2. The lowest BCUT2D eigenvalue weighted by Crippen LogP contribution is -2.53. The smallest absolute Gasteiger partial charge is 0.239 e. The average molecular weight is 291 g/mol. The molecule has 5 nitrogen and oxygen atoms in total. The molecule has 0 bridgehead atoms. The molecule has 1 aromatic rings. The van der Waals surface area contributed by atoms with Crippen LogP contribution in [0.3, 0.4) is 0 Å². The fourth-order valence-corrected chi connectivity index (χ4v) is 2.73. The van der Waals surface area contributed by atoms with Crippen molar-refractivity contribution in [1.82, 2.24) is 4.90 Å². The highest BCUT2D eigenvalue weighted by atomic mass is 16.5. The van der Waals surface area contributed by atoms with Crippen LogP contribution in [-0.2, 0) is 4.79 Å². The fraction of sp³-hybridized carbons (Fsp3) is 0.562. The molecule has 1 aliphatic heterocycles. The summed E-state index contributed by atoms with van der Waals surface area (Å²) in [4.78, 5) is 16.4. The molecule has 1 amide bonds. The van der Waals surface area contributed by atoms with Gasteiger partial charge in [0.1, 0.15) is 5.75 Å². The Morgan fingerprint density at radius 2 is 1.95 bits per heavy atom. The largest absolute Gasteiger partial charge is 0.495 e. The Bertz CT molecular complexity index is 470. The standard InChI is InChI=1S/C16H25N3O2/c1-3-6-13(17)16(20)19-11-9-18(10-12-19)14-7-4-5-8-15(14)21-2/h4-5,7-8,13H,3,6,9-12,17H2,1-2H3/t13-/m0/s1. The molecule has 0 spiro atoms. The molecule has 0 aromatic heterocycles. The van der Waals surface area contributed by atoms with E-state index in [9.17, 15) is 4.79 Å². The van der Waals surface area contributed by atoms with Gasteiger partial charge in [-0.3, -0.25) is 4.79 Å². The van der Waals surface area contributed by atoms with E-state index in [0.29, 0.717) is 13.1 Å². The molecule has 21 heavy (non-hydrogen) atoms. The van der Waals surface area contributed by atoms with Crippen LogP contribution in [0.25, 0.3) is 0 Å². The number of rotatable bonds is 5. The molecule has 2 N–H and O–H groups in total. The summed E-state index contributed by atoms with van der Waals surface area (Å²) in [6, 6.07) is 7.63. The first-order chi connectivity index (χ1) is 10.2. The first-order valence-corrected chi connectivity index (χ1v) is 7.59. The number of carbonyl (C=O) groups is 1. The van der Waals surface area contributed by atoms with Crippen molar-refractivity contribution in [1.29, 1.82) is 0 Å². The number of methoxy groups -OCH3 is 1. The molecule has 1 aliphatic rings. The number of nitrogens with two attached hydrogens (primary N) is 1. The van der Waals surface area contributed by atoms with Gasteiger partial charge >= 0.3 is 0 Å². The van der Waals surface area contributed by atoms with Crippen LogP contribution in [0.4, 0.5) is 5.69 Å². The van der Waals surface area contributed by atoms with Crippen LogP contribution >= 0.6 is 0 Å². The molecule has 1 fully saturated rings. The summed E-state index contributed by atoms with van der Waals surface area (Å²) in [5.41, 5.74) is 7.01. The fourth-order valence-electron chi connectivity index (χ4n) is 2.73. The molecule has 0 unspecified atom stereocenters. The van der Waals surface area contributed by atoms with Crippen molar-refractivity contribution in [2.45, 2.75) is 25.8 Å². The van der Waals surface area contributed by atoms with Gasteiger partial charge in [-0.05, 0) is 18.6 Å². The second kappa shape index (κ2) is 7.31. The van der Waals surface area contributed by atoms with E-state index in [0.717, 1.165) is 37.4 Å². The third-order valence-corrected chi connectivity index (χ3v) is 3.93. The molecule has 1 aromatic carbocycles. The zero-order valence-electron chi connectivity index (χ0n) is 12.9. The van der Waals surface area contributed by atoms with E-state index in [1.807, 2.05) is 30.0 Å². The SMILES string of the molecule is CCC[C@H](N)C(=O)N1CCN(c2ccccc2OC)CC1. The van der Waals surface area contributed by atoms with Crippen molar-refractivity contribution in [3.63, 3.8) is 0 Å². The van der Waals surface area contributed by atoms with Gasteiger partial charge in [-0.2, -0.15) is 0 Å². The summed E-state index contributed by atoms with van der Waals surface area (Å²) in [5.74, 6) is 0.955. The van der Waals surface area contributed by atoms with Gasteiger partial charge in [0.25, 0.3) is 0 Å². The number of para-hydroxylation sites is 2. The van der Waals surface area contributed by atoms with Crippen LogP contribution in [0.5, 0.6) is 5.75 Å². The number of amides is 1. The monoisotopic (exact) mass is 291 g/mol. The first-order valence-electron chi connectivity index (χ1n) is 7.59. The quantitative estimate of drug-likeness (QED) is 0.892. The van der Waals surface area contributed by atoms with Gasteiger partial charge in [-0.15, -0.1) is 0 Å². The van der Waals surface area contributed by atoms with E-state index in [1.165, 1.54) is 0 Å². The van der Waals surface area contributed by atoms with Gasteiger partial charge in [0, 0.05) is 26.2 Å². The van der Waals surface area contributed by atoms with Crippen LogP contribution in [0.15, 0.2) is 24.3 Å². The highest BCUT2D eigenvalue weighted by Gasteiger charge is 2.25. The topological polar surface area (TPSA) is 58.8 Å². The number of carbonyl (C=O) groups excluding carboxylic acids is 1. The number of hydrogen-bond donors (Lipinski definition) is 1. The number of ether oxygens (including phenoxy) is 1. The number of benzene rings is 1. The lowest BCUT2D eigenvalue weighted by atomic mass is 10.1. The summed E-state index contributed by atoms with van der Waals surface area (Å²) in [6.07, 6.45) is 1.69. The molecule has 1 atom stereocenters. The highest BCUT2D eigenvalue weighted by Crippen LogP contribution is 2.28. The van der Waals surface area contributed by atoms with E-state index in [1.54, 1.807) is 7.11 Å². The van der Waals surface area contributed by atoms with Crippen LogP contribution in [-0.4, -0.2) is 50.1 Å². The normalized spacial score (nSPS) is 16.7. The Morgan fingerprint density at radius 1 is 1.29 bits per heavy atom. The lowest BCUT2D eigenvalue weighted by Gasteiger charge is -2.37. The van der Waals surface area contributed by atoms with E-state index in [4.69, 9.17) is 10.5 Å². The van der Waals surface area contributed by atoms with Crippen LogP contribution in [0.1, 0.15) is 19.8 Å². The minimum Gasteiger partial charge on any atom is -0.495 e. The maximum atomic E-state index is 12.2. The molecular formula is C16H25N3O2. The highest BCUT2D eigenvalue weighted by molar-refractivity contribution is 5.82. The zero-order valence-corrected chi connectivity index (χ0v) is 12.9. The summed E-state index contributed by atoms with van der Waals surface area (Å²) >= 11 is 0. The lowest BCUT2D eigenvalue weighted by molar-refractivity contribution is -0.133. The Labute approximate surface area is 126 Å². The number of hydrogen-bond acceptors (Lipinski definition) is 4. The van der Waals surface area contributed by atoms with Crippen molar-refractivity contribution in [3.8, 4) is 5.75 Å². The molecule has 5 heteroatoms. The number of anilines is 1. The zero-order chi connectivity index (χ0) is 15.2. The Kier molecular flexibility index (Phi) is 5.44. The van der Waals surface area contributed by atoms with Gasteiger partial charge in [-0.25, -0.2) is 0 Å². The molecule has 2 rings (SSSR count). The van der Waals surface area contributed by atoms with E-state index >= 15 is 0 Å². The number of nitrogens with zero attached hydrogens (tertiary/aromatic N) is 2. The third kappa shape index (κ3) is 3.67. The summed E-state index contributed by atoms with van der Waals surface area (Å²) in [6.45, 7) is 5.10. The van der Waals surface area contributed by atoms with E-state index in [2.05, 4.69) is 11.0 Å². The second-order valence-electron chi connectivity index (χ2n) is 5.38. The van der Waals surface area contributed by atoms with Crippen LogP contribution in [0.2, 0.25) is 0 Å².